The average molecular weight is 545 g/mol. The van der Waals surface area contributed by atoms with Crippen molar-refractivity contribution in [2.45, 2.75) is 58.0 Å². The van der Waals surface area contributed by atoms with Crippen molar-refractivity contribution < 1.29 is 23.5 Å². The maximum Gasteiger partial charge on any atom is 0.330 e. The second-order valence-corrected chi connectivity index (χ2v) is 11.6. The fourth-order valence-corrected chi connectivity index (χ4v) is 5.14. The maximum atomic E-state index is 12.7. The molecule has 38 heavy (non-hydrogen) atoms. The first-order valence-electron chi connectivity index (χ1n) is 12.5. The molecule has 3 aromatic rings. The van der Waals surface area contributed by atoms with Gasteiger partial charge in [0.05, 0.1) is 30.7 Å². The van der Waals surface area contributed by atoms with Gasteiger partial charge in [-0.25, -0.2) is 4.79 Å². The Hall–Kier alpha value is -2.95. The van der Waals surface area contributed by atoms with Crippen LogP contribution in [-0.2, 0) is 24.8 Å². The number of H-pyrrole nitrogens is 1. The lowest BCUT2D eigenvalue weighted by atomic mass is 10.1. The Bertz CT molecular complexity index is 1420. The predicted molar refractivity (Wildman–Crippen MR) is 141 cm³/mol. The minimum atomic E-state index is -3.38. The topological polar surface area (TPSA) is 146 Å². The van der Waals surface area contributed by atoms with E-state index < -0.39 is 37.3 Å². The van der Waals surface area contributed by atoms with Crippen molar-refractivity contribution in [2.75, 3.05) is 19.9 Å². The molecule has 3 aromatic heterocycles. The largest absolute Gasteiger partial charge is 0.390 e. The van der Waals surface area contributed by atoms with Gasteiger partial charge in [-0.05, 0) is 68.5 Å². The Morgan fingerprint density at radius 3 is 2.63 bits per heavy atom. The van der Waals surface area contributed by atoms with Crippen LogP contribution in [0.15, 0.2) is 52.4 Å². The number of unbranched alkanes of at least 4 members (excludes halogenated alkanes) is 1. The first kappa shape index (κ1) is 28.1. The average Bonchev–Trinajstić information content (AvgIpc) is 3.25. The number of aliphatic hydroxyl groups excluding tert-OH is 1. The van der Waals surface area contributed by atoms with Gasteiger partial charge in [-0.3, -0.25) is 28.9 Å². The first-order valence-corrected chi connectivity index (χ1v) is 14.5. The van der Waals surface area contributed by atoms with Crippen LogP contribution in [0.2, 0.25) is 0 Å². The SMILES string of the molecule is Cc1ccnc(-c2cc(CCCCOP(C)(=O)OC[C@H]3O[C@@H](n4cc(C)c(=O)[nH]c4=O)CC3O)ccn2)c1. The van der Waals surface area contributed by atoms with Gasteiger partial charge in [0.1, 0.15) is 12.3 Å². The third kappa shape index (κ3) is 7.33. The summed E-state index contributed by atoms with van der Waals surface area (Å²) in [4.78, 5) is 34.7. The summed E-state index contributed by atoms with van der Waals surface area (Å²) < 4.78 is 30.7. The molecule has 0 radical (unpaired) electrons. The van der Waals surface area contributed by atoms with Crippen LogP contribution in [0.4, 0.5) is 0 Å². The van der Waals surface area contributed by atoms with E-state index in [1.54, 1.807) is 19.3 Å². The van der Waals surface area contributed by atoms with Gasteiger partial charge >= 0.3 is 13.3 Å². The molecule has 1 aliphatic heterocycles. The highest BCUT2D eigenvalue weighted by Crippen LogP contribution is 2.45. The van der Waals surface area contributed by atoms with Crippen LogP contribution in [0, 0.1) is 13.8 Å². The van der Waals surface area contributed by atoms with E-state index in [0.29, 0.717) is 12.0 Å². The van der Waals surface area contributed by atoms with Crippen molar-refractivity contribution in [1.29, 1.82) is 0 Å². The monoisotopic (exact) mass is 544 g/mol. The number of nitrogens with zero attached hydrogens (tertiary/aromatic N) is 3. The number of aryl methyl sites for hydroxylation is 3. The van der Waals surface area contributed by atoms with Crippen LogP contribution in [0.1, 0.15) is 42.2 Å². The molecule has 11 nitrogen and oxygen atoms in total. The Labute approximate surface area is 220 Å². The van der Waals surface area contributed by atoms with Gasteiger partial charge in [0.25, 0.3) is 5.56 Å². The number of aliphatic hydroxyl groups is 1. The molecule has 2 N–H and O–H groups in total. The van der Waals surface area contributed by atoms with Gasteiger partial charge in [-0.15, -0.1) is 0 Å². The third-order valence-electron chi connectivity index (χ3n) is 6.32. The Morgan fingerprint density at radius 1 is 1.13 bits per heavy atom. The highest BCUT2D eigenvalue weighted by molar-refractivity contribution is 7.52. The lowest BCUT2D eigenvalue weighted by molar-refractivity contribution is -0.0431. The van der Waals surface area contributed by atoms with Crippen LogP contribution >= 0.6 is 7.60 Å². The molecule has 0 aromatic carbocycles. The molecular weight excluding hydrogens is 511 g/mol. The molecule has 4 atom stereocenters. The molecule has 0 aliphatic carbocycles. The molecule has 1 saturated heterocycles. The fourth-order valence-electron chi connectivity index (χ4n) is 4.19. The Kier molecular flexibility index (Phi) is 9.07. The second-order valence-electron chi connectivity index (χ2n) is 9.54. The summed E-state index contributed by atoms with van der Waals surface area (Å²) in [6.45, 7) is 5.07. The van der Waals surface area contributed by atoms with Crippen molar-refractivity contribution in [3.05, 3.63) is 80.4 Å². The van der Waals surface area contributed by atoms with Gasteiger partial charge < -0.3 is 18.9 Å². The van der Waals surface area contributed by atoms with Gasteiger partial charge in [0, 0.05) is 37.2 Å². The number of rotatable bonds is 11. The zero-order valence-electron chi connectivity index (χ0n) is 21.7. The van der Waals surface area contributed by atoms with E-state index in [2.05, 4.69) is 15.0 Å². The van der Waals surface area contributed by atoms with Crippen molar-refractivity contribution >= 4 is 7.60 Å². The molecule has 1 aliphatic rings. The molecule has 0 amide bonds. The molecule has 2 unspecified atom stereocenters. The van der Waals surface area contributed by atoms with E-state index in [9.17, 15) is 19.3 Å². The van der Waals surface area contributed by atoms with Crippen LogP contribution in [-0.4, -0.2) is 56.7 Å². The minimum absolute atomic E-state index is 0.130. The summed E-state index contributed by atoms with van der Waals surface area (Å²) in [6, 6.07) is 7.94. The number of nitrogens with one attached hydrogen (secondary N) is 1. The smallest absolute Gasteiger partial charge is 0.330 e. The molecular formula is C26H33N4O7P. The van der Waals surface area contributed by atoms with Crippen molar-refractivity contribution in [1.82, 2.24) is 19.5 Å². The summed E-state index contributed by atoms with van der Waals surface area (Å²) in [7, 11) is -3.38. The number of pyridine rings is 2. The lowest BCUT2D eigenvalue weighted by Gasteiger charge is -2.19. The lowest BCUT2D eigenvalue weighted by Crippen LogP contribution is -2.33. The summed E-state index contributed by atoms with van der Waals surface area (Å²) in [5.74, 6) is 0. The normalized spacial score (nSPS) is 20.9. The van der Waals surface area contributed by atoms with Crippen molar-refractivity contribution in [2.24, 2.45) is 0 Å². The summed E-state index contributed by atoms with van der Waals surface area (Å²) in [5, 5.41) is 10.4. The molecule has 0 saturated carbocycles. The van der Waals surface area contributed by atoms with Crippen LogP contribution < -0.4 is 11.2 Å². The molecule has 1 fully saturated rings. The van der Waals surface area contributed by atoms with Crippen LogP contribution in [0.25, 0.3) is 11.4 Å². The quantitative estimate of drug-likeness (QED) is 0.275. The number of hydrogen-bond acceptors (Lipinski definition) is 9. The van der Waals surface area contributed by atoms with Gasteiger partial charge in [-0.2, -0.15) is 0 Å². The predicted octanol–water partition coefficient (Wildman–Crippen LogP) is 3.14. The van der Waals surface area contributed by atoms with E-state index in [1.807, 2.05) is 31.2 Å². The van der Waals surface area contributed by atoms with Gasteiger partial charge in [0.2, 0.25) is 0 Å². The standard InChI is InChI=1S/C26H33N4O7P/c1-17-7-9-27-20(12-17)21-13-19(8-10-28-21)6-4-5-11-35-38(3,34)36-16-23-22(31)14-24(37-23)30-15-18(2)25(32)29-26(30)33/h7-10,12-13,15,22-24,31H,4-6,11,14,16H2,1-3H3,(H,29,32,33)/t22?,23-,24-,38?/m1/s1. The zero-order valence-corrected chi connectivity index (χ0v) is 22.6. The summed E-state index contributed by atoms with van der Waals surface area (Å²) in [5.41, 5.74) is 3.17. The Morgan fingerprint density at radius 2 is 1.87 bits per heavy atom. The van der Waals surface area contributed by atoms with E-state index in [1.165, 1.54) is 17.4 Å². The highest BCUT2D eigenvalue weighted by atomic mass is 31.2. The number of hydrogen-bond donors (Lipinski definition) is 2. The molecule has 4 heterocycles. The van der Waals surface area contributed by atoms with Gasteiger partial charge in [-0.1, -0.05) is 0 Å². The van der Waals surface area contributed by atoms with Crippen LogP contribution in [0.5, 0.6) is 0 Å². The van der Waals surface area contributed by atoms with E-state index in [4.69, 9.17) is 13.8 Å². The fraction of sp³-hybridized carbons (Fsp3) is 0.462. The van der Waals surface area contributed by atoms with Gasteiger partial charge in [0.15, 0.2) is 0 Å². The van der Waals surface area contributed by atoms with Crippen molar-refractivity contribution in [3.63, 3.8) is 0 Å². The maximum absolute atomic E-state index is 12.7. The number of ether oxygens (including phenoxy) is 1. The molecule has 204 valence electrons. The first-order chi connectivity index (χ1) is 18.1. The Balaban J connectivity index is 1.20. The summed E-state index contributed by atoms with van der Waals surface area (Å²) >= 11 is 0. The van der Waals surface area contributed by atoms with Crippen molar-refractivity contribution in [3.8, 4) is 11.4 Å². The second kappa shape index (κ2) is 12.3. The zero-order chi connectivity index (χ0) is 27.3. The number of aromatic amines is 1. The molecule has 12 heteroatoms. The highest BCUT2D eigenvalue weighted by Gasteiger charge is 2.37. The van der Waals surface area contributed by atoms with E-state index in [-0.39, 0.29) is 19.6 Å². The number of aromatic nitrogens is 4. The van der Waals surface area contributed by atoms with E-state index >= 15 is 0 Å². The molecule has 0 spiro atoms. The van der Waals surface area contributed by atoms with E-state index in [0.717, 1.165) is 35.4 Å². The minimum Gasteiger partial charge on any atom is -0.390 e. The molecule has 0 bridgehead atoms. The molecule has 4 rings (SSSR count). The summed E-state index contributed by atoms with van der Waals surface area (Å²) in [6.07, 6.45) is 4.89. The third-order valence-corrected chi connectivity index (χ3v) is 7.59. The van der Waals surface area contributed by atoms with Crippen LogP contribution in [0.3, 0.4) is 0 Å².